The first-order valence-corrected chi connectivity index (χ1v) is 15.5. The van der Waals surface area contributed by atoms with Gasteiger partial charge in [-0.3, -0.25) is 9.78 Å². The van der Waals surface area contributed by atoms with Gasteiger partial charge in [0.05, 0.1) is 33.7 Å². The number of thiazole rings is 1. The average Bonchev–Trinajstić information content (AvgIpc) is 3.39. The third-order valence-corrected chi connectivity index (χ3v) is 8.91. The van der Waals surface area contributed by atoms with Crippen LogP contribution in [0.3, 0.4) is 0 Å². The number of likely N-dealkylation sites (N-methyl/N-ethyl adjacent to an activating group) is 1. The van der Waals surface area contributed by atoms with Crippen molar-refractivity contribution in [3.8, 4) is 38.7 Å². The molecule has 220 valence electrons. The lowest BCUT2D eigenvalue weighted by molar-refractivity contribution is -0.138. The van der Waals surface area contributed by atoms with Crippen molar-refractivity contribution in [2.24, 2.45) is 0 Å². The van der Waals surface area contributed by atoms with E-state index in [0.29, 0.717) is 11.6 Å². The van der Waals surface area contributed by atoms with E-state index < -0.39 is 11.7 Å². The van der Waals surface area contributed by atoms with Crippen LogP contribution in [0.4, 0.5) is 5.69 Å². The van der Waals surface area contributed by atoms with E-state index in [2.05, 4.69) is 47.3 Å². The van der Waals surface area contributed by atoms with E-state index in [1.54, 1.807) is 18.3 Å². The largest absolute Gasteiger partial charge is 0.490 e. The number of hydrogen-bond donors (Lipinski definition) is 0. The van der Waals surface area contributed by atoms with Crippen LogP contribution in [-0.4, -0.2) is 41.6 Å². The molecule has 0 saturated carbocycles. The monoisotopic (exact) mass is 611 g/mol. The SMILES string of the molecule is CC(=O)[C@@H](OC(C)(C)C)c1c(C)cc2nc(-c3ccnc(-c4ccc5c(c4)OCCN5C)c3)sc2c1-c1ccc(Cl)cc1. The molecule has 0 aliphatic carbocycles. The third kappa shape index (κ3) is 5.90. The van der Waals surface area contributed by atoms with Gasteiger partial charge in [-0.25, -0.2) is 4.98 Å². The Hall–Kier alpha value is -3.78. The summed E-state index contributed by atoms with van der Waals surface area (Å²) in [7, 11) is 2.08. The van der Waals surface area contributed by atoms with Crippen LogP contribution in [-0.2, 0) is 9.53 Å². The summed E-state index contributed by atoms with van der Waals surface area (Å²) in [6, 6.07) is 20.1. The van der Waals surface area contributed by atoms with Gasteiger partial charge in [0.25, 0.3) is 0 Å². The van der Waals surface area contributed by atoms with Crippen LogP contribution in [0.25, 0.3) is 43.2 Å². The summed E-state index contributed by atoms with van der Waals surface area (Å²) < 4.78 is 13.3. The molecule has 0 amide bonds. The van der Waals surface area contributed by atoms with Crippen molar-refractivity contribution in [3.63, 3.8) is 0 Å². The van der Waals surface area contributed by atoms with E-state index in [1.807, 2.05) is 64.2 Å². The van der Waals surface area contributed by atoms with Crippen LogP contribution < -0.4 is 9.64 Å². The van der Waals surface area contributed by atoms with Gasteiger partial charge in [0.15, 0.2) is 5.78 Å². The van der Waals surface area contributed by atoms with Gasteiger partial charge in [-0.2, -0.15) is 0 Å². The highest BCUT2D eigenvalue weighted by molar-refractivity contribution is 7.22. The molecule has 8 heteroatoms. The molecule has 0 fully saturated rings. The molecule has 1 aliphatic rings. The Morgan fingerprint density at radius 2 is 1.79 bits per heavy atom. The number of aryl methyl sites for hydroxylation is 1. The number of hydrogen-bond acceptors (Lipinski definition) is 7. The zero-order valence-corrected chi connectivity index (χ0v) is 26.8. The van der Waals surface area contributed by atoms with E-state index in [9.17, 15) is 4.79 Å². The molecular weight excluding hydrogens is 578 g/mol. The van der Waals surface area contributed by atoms with Crippen LogP contribution >= 0.6 is 22.9 Å². The normalized spacial score (nSPS) is 14.0. The van der Waals surface area contributed by atoms with Crippen LogP contribution in [0.2, 0.25) is 5.02 Å². The smallest absolute Gasteiger partial charge is 0.163 e. The third-order valence-electron chi connectivity index (χ3n) is 7.52. The number of carbonyl (C=O) groups is 1. The number of halogens is 1. The average molecular weight is 612 g/mol. The second-order valence-electron chi connectivity index (χ2n) is 12.0. The van der Waals surface area contributed by atoms with Crippen LogP contribution in [0.1, 0.15) is 44.9 Å². The predicted octanol–water partition coefficient (Wildman–Crippen LogP) is 8.93. The lowest BCUT2D eigenvalue weighted by Crippen LogP contribution is -2.28. The highest BCUT2D eigenvalue weighted by Gasteiger charge is 2.30. The van der Waals surface area contributed by atoms with Crippen molar-refractivity contribution >= 4 is 44.6 Å². The van der Waals surface area contributed by atoms with Gasteiger partial charge in [-0.1, -0.05) is 29.8 Å². The van der Waals surface area contributed by atoms with Crippen LogP contribution in [0.15, 0.2) is 66.9 Å². The van der Waals surface area contributed by atoms with Crippen molar-refractivity contribution in [3.05, 3.63) is 83.0 Å². The predicted molar refractivity (Wildman–Crippen MR) is 176 cm³/mol. The number of ether oxygens (including phenoxy) is 2. The fourth-order valence-corrected chi connectivity index (χ4v) is 6.76. The van der Waals surface area contributed by atoms with Crippen molar-refractivity contribution in [2.45, 2.75) is 46.3 Å². The lowest BCUT2D eigenvalue weighted by atomic mass is 9.90. The van der Waals surface area contributed by atoms with E-state index in [0.717, 1.165) is 72.3 Å². The van der Waals surface area contributed by atoms with Crippen LogP contribution in [0.5, 0.6) is 5.75 Å². The molecule has 0 saturated heterocycles. The Morgan fingerprint density at radius 3 is 2.51 bits per heavy atom. The number of aromatic nitrogens is 2. The zero-order valence-electron chi connectivity index (χ0n) is 25.2. The fraction of sp³-hybridized carbons (Fsp3) is 0.286. The van der Waals surface area contributed by atoms with Gasteiger partial charge < -0.3 is 14.4 Å². The topological polar surface area (TPSA) is 64.5 Å². The van der Waals surface area contributed by atoms with Crippen molar-refractivity contribution in [1.29, 1.82) is 0 Å². The Bertz CT molecular complexity index is 1840. The summed E-state index contributed by atoms with van der Waals surface area (Å²) in [5.41, 5.74) is 7.96. The summed E-state index contributed by atoms with van der Waals surface area (Å²) in [5, 5.41) is 1.52. The van der Waals surface area contributed by atoms with Gasteiger partial charge in [-0.05, 0) is 88.2 Å². The molecule has 0 unspecified atom stereocenters. The summed E-state index contributed by atoms with van der Waals surface area (Å²) in [4.78, 5) is 25.0. The number of ketones is 1. The summed E-state index contributed by atoms with van der Waals surface area (Å²) in [6.07, 6.45) is 1.10. The number of nitrogens with zero attached hydrogens (tertiary/aromatic N) is 3. The number of carbonyl (C=O) groups excluding carboxylic acids is 1. The highest BCUT2D eigenvalue weighted by Crippen LogP contribution is 2.45. The standard InChI is InChI=1S/C35H34ClN3O3S/c1-20-17-27-33(31(22-7-10-25(36)11-8-22)30(20)32(21(2)40)42-35(3,4)5)43-34(38-27)24-13-14-37-26(18-24)23-9-12-28-29(19-23)41-16-15-39(28)6/h7-14,17-19,32H,15-16H2,1-6H3/t32-/m1/s1. The molecule has 0 radical (unpaired) electrons. The molecule has 3 aromatic carbocycles. The second kappa shape index (κ2) is 11.4. The number of anilines is 1. The maximum atomic E-state index is 13.1. The number of fused-ring (bicyclic) bond motifs is 2. The number of benzene rings is 3. The number of rotatable bonds is 6. The van der Waals surface area contributed by atoms with Crippen molar-refractivity contribution in [1.82, 2.24) is 9.97 Å². The van der Waals surface area contributed by atoms with Crippen molar-refractivity contribution in [2.75, 3.05) is 25.1 Å². The quantitative estimate of drug-likeness (QED) is 0.191. The van der Waals surface area contributed by atoms with E-state index in [1.165, 1.54) is 0 Å². The van der Waals surface area contributed by atoms with Gasteiger partial charge in [0, 0.05) is 40.5 Å². The molecule has 6 nitrogen and oxygen atoms in total. The first kappa shape index (κ1) is 29.3. The molecular formula is C35H34ClN3O3S. The first-order valence-electron chi connectivity index (χ1n) is 14.3. The molecule has 0 bridgehead atoms. The maximum Gasteiger partial charge on any atom is 0.163 e. The van der Waals surface area contributed by atoms with Gasteiger partial charge >= 0.3 is 0 Å². The van der Waals surface area contributed by atoms with E-state index in [4.69, 9.17) is 26.1 Å². The minimum atomic E-state index is -0.724. The fourth-order valence-electron chi connectivity index (χ4n) is 5.51. The minimum Gasteiger partial charge on any atom is -0.490 e. The van der Waals surface area contributed by atoms with Gasteiger partial charge in [0.2, 0.25) is 0 Å². The molecule has 0 N–H and O–H groups in total. The van der Waals surface area contributed by atoms with Crippen molar-refractivity contribution < 1.29 is 14.3 Å². The Labute approximate surface area is 261 Å². The summed E-state index contributed by atoms with van der Waals surface area (Å²) >= 11 is 7.88. The molecule has 3 heterocycles. The molecule has 1 aliphatic heterocycles. The molecule has 2 aromatic heterocycles. The minimum absolute atomic E-state index is 0.0451. The Balaban J connectivity index is 1.50. The first-order chi connectivity index (χ1) is 20.5. The molecule has 5 aromatic rings. The van der Waals surface area contributed by atoms with Gasteiger partial charge in [-0.15, -0.1) is 11.3 Å². The summed E-state index contributed by atoms with van der Waals surface area (Å²) in [5.74, 6) is 0.822. The second-order valence-corrected chi connectivity index (χ2v) is 13.4. The molecule has 43 heavy (non-hydrogen) atoms. The Kier molecular flexibility index (Phi) is 7.75. The van der Waals surface area contributed by atoms with E-state index >= 15 is 0 Å². The molecule has 0 spiro atoms. The zero-order chi connectivity index (χ0) is 30.5. The number of Topliss-reactive ketones (excluding diaryl/α,β-unsaturated/α-hetero) is 1. The summed E-state index contributed by atoms with van der Waals surface area (Å²) in [6.45, 7) is 11.1. The Morgan fingerprint density at radius 1 is 1.05 bits per heavy atom. The number of pyridine rings is 1. The maximum absolute atomic E-state index is 13.1. The van der Waals surface area contributed by atoms with Gasteiger partial charge in [0.1, 0.15) is 23.5 Å². The highest BCUT2D eigenvalue weighted by atomic mass is 35.5. The molecule has 6 rings (SSSR count). The van der Waals surface area contributed by atoms with Crippen LogP contribution in [0, 0.1) is 6.92 Å². The lowest BCUT2D eigenvalue weighted by Gasteiger charge is -2.29. The van der Waals surface area contributed by atoms with E-state index in [-0.39, 0.29) is 5.78 Å². The molecule has 1 atom stereocenters.